The normalized spacial score (nSPS) is 13.2. The van der Waals surface area contributed by atoms with Gasteiger partial charge in [0.05, 0.1) is 0 Å². The summed E-state index contributed by atoms with van der Waals surface area (Å²) in [5.74, 6) is 0.623. The summed E-state index contributed by atoms with van der Waals surface area (Å²) in [7, 11) is 0. The van der Waals surface area contributed by atoms with E-state index in [1.54, 1.807) is 0 Å². The number of rotatable bonds is 4. The molecule has 16 heavy (non-hydrogen) atoms. The van der Waals surface area contributed by atoms with Crippen molar-refractivity contribution in [2.75, 3.05) is 5.32 Å². The van der Waals surface area contributed by atoms with Crippen LogP contribution in [0.5, 0.6) is 0 Å². The first-order valence-electron chi connectivity index (χ1n) is 5.77. The van der Waals surface area contributed by atoms with Gasteiger partial charge in [-0.15, -0.1) is 0 Å². The predicted octanol–water partition coefficient (Wildman–Crippen LogP) is 2.80. The van der Waals surface area contributed by atoms with Gasteiger partial charge in [-0.3, -0.25) is 0 Å². The third-order valence-electron chi connectivity index (χ3n) is 2.91. The van der Waals surface area contributed by atoms with Gasteiger partial charge in [0, 0.05) is 11.7 Å². The van der Waals surface area contributed by atoms with E-state index in [9.17, 15) is 0 Å². The van der Waals surface area contributed by atoms with Crippen molar-refractivity contribution in [2.45, 2.75) is 33.2 Å². The van der Waals surface area contributed by atoms with Crippen molar-refractivity contribution in [3.63, 3.8) is 0 Å². The second kappa shape index (κ2) is 4.51. The lowest BCUT2D eigenvalue weighted by molar-refractivity contribution is 0.511. The Morgan fingerprint density at radius 2 is 2.00 bits per heavy atom. The lowest BCUT2D eigenvalue weighted by Gasteiger charge is -2.21. The Bertz CT molecular complexity index is 461. The zero-order valence-electron chi connectivity index (χ0n) is 9.99. The fourth-order valence-corrected chi connectivity index (χ4v) is 1.88. The molecule has 1 unspecified atom stereocenters. The summed E-state index contributed by atoms with van der Waals surface area (Å²) in [6.07, 6.45) is 1.12. The van der Waals surface area contributed by atoms with Gasteiger partial charge in [0.1, 0.15) is 11.0 Å². The molecule has 0 spiro atoms. The third-order valence-corrected chi connectivity index (χ3v) is 2.91. The van der Waals surface area contributed by atoms with Crippen molar-refractivity contribution in [3.8, 4) is 0 Å². The number of benzene rings is 1. The van der Waals surface area contributed by atoms with Crippen LogP contribution in [-0.4, -0.2) is 21.5 Å². The highest BCUT2D eigenvalue weighted by molar-refractivity contribution is 5.77. The molecule has 0 bridgehead atoms. The molecule has 0 amide bonds. The van der Waals surface area contributed by atoms with Gasteiger partial charge in [-0.2, -0.15) is 15.4 Å². The summed E-state index contributed by atoms with van der Waals surface area (Å²) in [4.78, 5) is 0. The summed E-state index contributed by atoms with van der Waals surface area (Å²) in [6.45, 7) is 6.66. The zero-order chi connectivity index (χ0) is 11.5. The monoisotopic (exact) mass is 218 g/mol. The first-order chi connectivity index (χ1) is 7.70. The molecule has 1 atom stereocenters. The quantitative estimate of drug-likeness (QED) is 0.829. The number of anilines is 1. The third kappa shape index (κ3) is 2.15. The molecule has 1 heterocycles. The predicted molar refractivity (Wildman–Crippen MR) is 66.4 cm³/mol. The molecule has 0 aliphatic rings. The molecular formula is C12H18N4. The van der Waals surface area contributed by atoms with E-state index in [0.29, 0.717) is 12.0 Å². The Morgan fingerprint density at radius 3 is 2.69 bits per heavy atom. The maximum absolute atomic E-state index is 4.08. The average molecular weight is 218 g/mol. The summed E-state index contributed by atoms with van der Waals surface area (Å²) in [5.41, 5.74) is 2.92. The minimum absolute atomic E-state index is 0.504. The molecule has 0 saturated heterocycles. The summed E-state index contributed by atoms with van der Waals surface area (Å²) in [6, 6.07) is 6.57. The van der Waals surface area contributed by atoms with Gasteiger partial charge in [0.25, 0.3) is 0 Å². The molecule has 0 radical (unpaired) electrons. The molecule has 2 N–H and O–H groups in total. The van der Waals surface area contributed by atoms with E-state index in [-0.39, 0.29) is 0 Å². The number of hydrogen-bond donors (Lipinski definition) is 2. The van der Waals surface area contributed by atoms with Gasteiger partial charge >= 0.3 is 0 Å². The smallest absolute Gasteiger partial charge is 0.115 e. The molecule has 0 aliphatic carbocycles. The Kier molecular flexibility index (Phi) is 3.08. The fourth-order valence-electron chi connectivity index (χ4n) is 1.88. The molecular weight excluding hydrogens is 200 g/mol. The van der Waals surface area contributed by atoms with Gasteiger partial charge in [0.2, 0.25) is 0 Å². The van der Waals surface area contributed by atoms with E-state index in [1.807, 2.05) is 12.1 Å². The highest BCUT2D eigenvalue weighted by atomic mass is 15.3. The molecule has 1 aromatic heterocycles. The van der Waals surface area contributed by atoms with E-state index in [0.717, 1.165) is 23.1 Å². The van der Waals surface area contributed by atoms with Crippen LogP contribution in [0.25, 0.3) is 11.0 Å². The molecule has 0 aliphatic heterocycles. The first-order valence-corrected chi connectivity index (χ1v) is 5.77. The minimum atomic E-state index is 0.504. The standard InChI is InChI=1S/C12H18N4/c1-4-10(8(2)3)13-9-5-6-11-12(7-9)15-16-14-11/h5-8,10,13H,4H2,1-3H3,(H,14,15,16). The second-order valence-electron chi connectivity index (χ2n) is 4.43. The van der Waals surface area contributed by atoms with Gasteiger partial charge in [0.15, 0.2) is 0 Å². The van der Waals surface area contributed by atoms with E-state index in [2.05, 4.69) is 47.6 Å². The van der Waals surface area contributed by atoms with E-state index in [1.165, 1.54) is 0 Å². The second-order valence-corrected chi connectivity index (χ2v) is 4.43. The van der Waals surface area contributed by atoms with Gasteiger partial charge in [-0.05, 0) is 30.5 Å². The number of hydrogen-bond acceptors (Lipinski definition) is 3. The first kappa shape index (κ1) is 10.9. The van der Waals surface area contributed by atoms with Crippen LogP contribution in [-0.2, 0) is 0 Å². The van der Waals surface area contributed by atoms with E-state index in [4.69, 9.17) is 0 Å². The number of H-pyrrole nitrogens is 1. The van der Waals surface area contributed by atoms with Crippen molar-refractivity contribution in [1.82, 2.24) is 15.4 Å². The van der Waals surface area contributed by atoms with Crippen molar-refractivity contribution >= 4 is 16.7 Å². The maximum Gasteiger partial charge on any atom is 0.115 e. The topological polar surface area (TPSA) is 53.6 Å². The lowest BCUT2D eigenvalue weighted by Crippen LogP contribution is -2.24. The van der Waals surface area contributed by atoms with Crippen LogP contribution in [0.1, 0.15) is 27.2 Å². The number of aromatic amines is 1. The van der Waals surface area contributed by atoms with Crippen LogP contribution in [0.2, 0.25) is 0 Å². The Balaban J connectivity index is 2.19. The Hall–Kier alpha value is -1.58. The molecule has 0 saturated carbocycles. The summed E-state index contributed by atoms with van der Waals surface area (Å²) < 4.78 is 0. The van der Waals surface area contributed by atoms with Crippen LogP contribution < -0.4 is 5.32 Å². The SMILES string of the molecule is CCC(Nc1ccc2n[nH]nc2c1)C(C)C. The molecule has 2 aromatic rings. The Morgan fingerprint density at radius 1 is 1.25 bits per heavy atom. The average Bonchev–Trinajstić information content (AvgIpc) is 2.72. The van der Waals surface area contributed by atoms with E-state index >= 15 is 0 Å². The van der Waals surface area contributed by atoms with Crippen molar-refractivity contribution in [2.24, 2.45) is 5.92 Å². The Labute approximate surface area is 95.4 Å². The molecule has 4 nitrogen and oxygen atoms in total. The van der Waals surface area contributed by atoms with Crippen molar-refractivity contribution in [1.29, 1.82) is 0 Å². The summed E-state index contributed by atoms with van der Waals surface area (Å²) >= 11 is 0. The van der Waals surface area contributed by atoms with Crippen LogP contribution in [0.4, 0.5) is 5.69 Å². The maximum atomic E-state index is 4.08. The number of nitrogens with one attached hydrogen (secondary N) is 2. The molecule has 1 aromatic carbocycles. The van der Waals surface area contributed by atoms with Gasteiger partial charge < -0.3 is 5.32 Å². The molecule has 0 fully saturated rings. The van der Waals surface area contributed by atoms with Crippen LogP contribution in [0, 0.1) is 5.92 Å². The lowest BCUT2D eigenvalue weighted by atomic mass is 10.0. The summed E-state index contributed by atoms with van der Waals surface area (Å²) in [5, 5.41) is 14.3. The molecule has 86 valence electrons. The molecule has 2 rings (SSSR count). The number of fused-ring (bicyclic) bond motifs is 1. The van der Waals surface area contributed by atoms with Crippen LogP contribution >= 0.6 is 0 Å². The minimum Gasteiger partial charge on any atom is -0.382 e. The number of nitrogens with zero attached hydrogens (tertiary/aromatic N) is 2. The highest BCUT2D eigenvalue weighted by Gasteiger charge is 2.10. The van der Waals surface area contributed by atoms with Crippen molar-refractivity contribution < 1.29 is 0 Å². The van der Waals surface area contributed by atoms with Crippen molar-refractivity contribution in [3.05, 3.63) is 18.2 Å². The van der Waals surface area contributed by atoms with Gasteiger partial charge in [-0.25, -0.2) is 0 Å². The van der Waals surface area contributed by atoms with Crippen LogP contribution in [0.3, 0.4) is 0 Å². The number of aromatic nitrogens is 3. The zero-order valence-corrected chi connectivity index (χ0v) is 9.99. The highest BCUT2D eigenvalue weighted by Crippen LogP contribution is 2.18. The largest absolute Gasteiger partial charge is 0.382 e. The molecule has 4 heteroatoms. The van der Waals surface area contributed by atoms with Crippen LogP contribution in [0.15, 0.2) is 18.2 Å². The van der Waals surface area contributed by atoms with E-state index < -0.39 is 0 Å². The fraction of sp³-hybridized carbons (Fsp3) is 0.500. The van der Waals surface area contributed by atoms with Gasteiger partial charge in [-0.1, -0.05) is 20.8 Å².